The van der Waals surface area contributed by atoms with Crippen LogP contribution in [-0.4, -0.2) is 126 Å². The Morgan fingerprint density at radius 3 is 2.02 bits per heavy atom. The van der Waals surface area contributed by atoms with Crippen LogP contribution in [0.1, 0.15) is 0 Å². The minimum atomic E-state index is -1.83. The maximum atomic E-state index is 12.7. The first-order chi connectivity index (χ1) is 20.4. The number of fused-ring (bicyclic) bond motifs is 1. The van der Waals surface area contributed by atoms with Gasteiger partial charge in [0.25, 0.3) is 0 Å². The van der Waals surface area contributed by atoms with Crippen molar-refractivity contribution < 1.29 is 74.4 Å². The first-order valence-electron chi connectivity index (χ1n) is 13.0. The van der Waals surface area contributed by atoms with Crippen LogP contribution in [-0.2, 0) is 14.2 Å². The lowest BCUT2D eigenvalue weighted by molar-refractivity contribution is -0.323. The number of aliphatic hydroxyl groups is 7. The summed E-state index contributed by atoms with van der Waals surface area (Å²) in [5.74, 6) is -1.64. The first-order valence-corrected chi connectivity index (χ1v) is 13.0. The van der Waals surface area contributed by atoms with Gasteiger partial charge in [-0.15, -0.1) is 0 Å². The highest BCUT2D eigenvalue weighted by atomic mass is 16.7. The normalized spacial score (nSPS) is 33.0. The van der Waals surface area contributed by atoms with Crippen molar-refractivity contribution >= 4 is 11.0 Å². The second-order valence-corrected chi connectivity index (χ2v) is 10.2. The lowest BCUT2D eigenvalue weighted by atomic mass is 9.98. The van der Waals surface area contributed by atoms with Crippen LogP contribution in [0.5, 0.6) is 23.0 Å². The number of aliphatic hydroxyl groups excluding tert-OH is 7. The molecule has 10 atom stereocenters. The molecule has 3 aromatic rings. The monoisotopic (exact) mass is 610 g/mol. The molecule has 0 amide bonds. The van der Waals surface area contributed by atoms with Crippen LogP contribution in [0.2, 0.25) is 0 Å². The van der Waals surface area contributed by atoms with E-state index in [0.29, 0.717) is 0 Å². The fraction of sp³-hybridized carbons (Fsp3) is 0.444. The Kier molecular flexibility index (Phi) is 8.77. The lowest BCUT2D eigenvalue weighted by Gasteiger charge is -2.42. The highest BCUT2D eigenvalue weighted by Crippen LogP contribution is 2.35. The third-order valence-electron chi connectivity index (χ3n) is 7.24. The van der Waals surface area contributed by atoms with Crippen LogP contribution in [0.3, 0.4) is 0 Å². The highest BCUT2D eigenvalue weighted by Gasteiger charge is 2.48. The molecule has 16 nitrogen and oxygen atoms in total. The van der Waals surface area contributed by atoms with Gasteiger partial charge in [-0.05, 0) is 18.2 Å². The first kappa shape index (κ1) is 30.9. The van der Waals surface area contributed by atoms with Gasteiger partial charge in [-0.3, -0.25) is 4.79 Å². The van der Waals surface area contributed by atoms with Crippen molar-refractivity contribution in [2.45, 2.75) is 61.4 Å². The van der Waals surface area contributed by atoms with Gasteiger partial charge >= 0.3 is 0 Å². The van der Waals surface area contributed by atoms with Crippen LogP contribution in [0.4, 0.5) is 0 Å². The Hall–Kier alpha value is -3.55. The summed E-state index contributed by atoms with van der Waals surface area (Å²) in [7, 11) is 0. The molecule has 43 heavy (non-hydrogen) atoms. The molecule has 16 heteroatoms. The van der Waals surface area contributed by atoms with Gasteiger partial charge in [-0.25, -0.2) is 0 Å². The molecule has 0 unspecified atom stereocenters. The second kappa shape index (κ2) is 12.2. The summed E-state index contributed by atoms with van der Waals surface area (Å²) in [6.07, 6.45) is -16.4. The summed E-state index contributed by atoms with van der Waals surface area (Å²) in [5.41, 5.74) is -0.588. The van der Waals surface area contributed by atoms with Crippen LogP contribution < -0.4 is 10.2 Å². The van der Waals surface area contributed by atoms with Gasteiger partial charge < -0.3 is 74.4 Å². The van der Waals surface area contributed by atoms with Gasteiger partial charge in [-0.1, -0.05) is 0 Å². The van der Waals surface area contributed by atoms with Crippen molar-refractivity contribution in [1.29, 1.82) is 0 Å². The average molecular weight is 611 g/mol. The van der Waals surface area contributed by atoms with Gasteiger partial charge in [-0.2, -0.15) is 0 Å². The zero-order valence-corrected chi connectivity index (χ0v) is 22.1. The van der Waals surface area contributed by atoms with Crippen molar-refractivity contribution in [3.63, 3.8) is 0 Å². The molecule has 5 rings (SSSR count). The van der Waals surface area contributed by atoms with E-state index in [2.05, 4.69) is 0 Å². The van der Waals surface area contributed by atoms with E-state index in [1.807, 2.05) is 0 Å². The number of hydrogen-bond donors (Lipinski definition) is 10. The van der Waals surface area contributed by atoms with E-state index in [4.69, 9.17) is 23.4 Å². The summed E-state index contributed by atoms with van der Waals surface area (Å²) < 4.78 is 27.6. The maximum Gasteiger partial charge on any atom is 0.229 e. The molecule has 0 bridgehead atoms. The molecular formula is C27H30O16. The summed E-state index contributed by atoms with van der Waals surface area (Å²) in [6.45, 7) is -1.29. The van der Waals surface area contributed by atoms with Gasteiger partial charge in [0, 0.05) is 23.8 Å². The Morgan fingerprint density at radius 2 is 1.35 bits per heavy atom. The Morgan fingerprint density at radius 1 is 0.698 bits per heavy atom. The van der Waals surface area contributed by atoms with Gasteiger partial charge in [0.15, 0.2) is 23.2 Å². The van der Waals surface area contributed by atoms with Gasteiger partial charge in [0.1, 0.15) is 77.1 Å². The minimum Gasteiger partial charge on any atom is -0.507 e. The summed E-state index contributed by atoms with van der Waals surface area (Å²) >= 11 is 0. The van der Waals surface area contributed by atoms with E-state index in [1.54, 1.807) is 0 Å². The number of aromatic hydroxyl groups is 3. The number of benzene rings is 2. The van der Waals surface area contributed by atoms with Crippen molar-refractivity contribution in [1.82, 2.24) is 0 Å². The topological polar surface area (TPSA) is 269 Å². The average Bonchev–Trinajstić information content (AvgIpc) is 2.97. The lowest BCUT2D eigenvalue weighted by Crippen LogP contribution is -2.62. The molecule has 10 N–H and O–H groups in total. The number of phenolic OH excluding ortho intramolecular Hbond substituents is 3. The molecule has 2 aliphatic heterocycles. The SMILES string of the molecule is O=c1cc(-c2ccc(O)c(O)c2)oc2cc(O[C@@H]3O[C@H](CO[C@@H]4O[C@H](CO)[C@H](O)[C@H](O)[C@H]4O)[C@H](O)[C@H](O)[C@H]3O)cc(O)c12. The van der Waals surface area contributed by atoms with E-state index in [9.17, 15) is 55.9 Å². The highest BCUT2D eigenvalue weighted by molar-refractivity contribution is 5.86. The fourth-order valence-electron chi connectivity index (χ4n) is 4.81. The number of phenols is 3. The number of hydrogen-bond acceptors (Lipinski definition) is 16. The Balaban J connectivity index is 1.36. The van der Waals surface area contributed by atoms with E-state index in [0.717, 1.165) is 18.2 Å². The summed E-state index contributed by atoms with van der Waals surface area (Å²) in [6, 6.07) is 7.01. The van der Waals surface area contributed by atoms with Crippen molar-refractivity contribution in [2.24, 2.45) is 0 Å². The fourth-order valence-corrected chi connectivity index (χ4v) is 4.81. The Bertz CT molecular complexity index is 1510. The molecule has 3 heterocycles. The molecule has 234 valence electrons. The molecule has 0 radical (unpaired) electrons. The van der Waals surface area contributed by atoms with Crippen LogP contribution in [0, 0.1) is 0 Å². The maximum absolute atomic E-state index is 12.7. The molecule has 2 saturated heterocycles. The van der Waals surface area contributed by atoms with Crippen LogP contribution in [0.15, 0.2) is 45.6 Å². The zero-order valence-electron chi connectivity index (χ0n) is 22.1. The van der Waals surface area contributed by atoms with Crippen molar-refractivity contribution in [3.8, 4) is 34.3 Å². The molecule has 2 fully saturated rings. The van der Waals surface area contributed by atoms with E-state index >= 15 is 0 Å². The van der Waals surface area contributed by atoms with E-state index in [-0.39, 0.29) is 28.0 Å². The van der Waals surface area contributed by atoms with Crippen LogP contribution in [0.25, 0.3) is 22.3 Å². The third kappa shape index (κ3) is 5.98. The minimum absolute atomic E-state index is 0.0257. The quantitative estimate of drug-likeness (QED) is 0.125. The molecule has 1 aromatic heterocycles. The van der Waals surface area contributed by atoms with E-state index < -0.39 is 97.3 Å². The van der Waals surface area contributed by atoms with Gasteiger partial charge in [0.05, 0.1) is 13.2 Å². The predicted molar refractivity (Wildman–Crippen MR) is 140 cm³/mol. The largest absolute Gasteiger partial charge is 0.507 e. The summed E-state index contributed by atoms with van der Waals surface area (Å²) in [5, 5.41) is 100. The molecule has 2 aromatic carbocycles. The zero-order chi connectivity index (χ0) is 31.2. The van der Waals surface area contributed by atoms with Gasteiger partial charge in [0.2, 0.25) is 6.29 Å². The van der Waals surface area contributed by atoms with E-state index in [1.165, 1.54) is 18.2 Å². The molecule has 0 saturated carbocycles. The number of rotatable bonds is 7. The van der Waals surface area contributed by atoms with Crippen LogP contribution >= 0.6 is 0 Å². The third-order valence-corrected chi connectivity index (χ3v) is 7.24. The Labute approximate surface area is 241 Å². The molecule has 2 aliphatic rings. The second-order valence-electron chi connectivity index (χ2n) is 10.2. The predicted octanol–water partition coefficient (Wildman–Crippen LogP) is -2.42. The smallest absolute Gasteiger partial charge is 0.229 e. The molecule has 0 spiro atoms. The van der Waals surface area contributed by atoms with Crippen molar-refractivity contribution in [3.05, 3.63) is 46.6 Å². The molecule has 0 aliphatic carbocycles. The standard InChI is InChI=1S/C27H30O16/c28-7-17-20(33)22(35)24(37)26(42-17)39-8-18-21(34)23(36)25(38)27(43-18)40-10-4-13(31)19-14(32)6-15(41-16(19)5-10)9-1-2-11(29)12(30)3-9/h1-6,17-18,20-31,33-38H,7-8H2/t17-,18-,20+,21+,22+,23+,24-,25-,26-,27-/m1/s1. The molecular weight excluding hydrogens is 580 g/mol. The number of ether oxygens (including phenoxy) is 4. The summed E-state index contributed by atoms with van der Waals surface area (Å²) in [4.78, 5) is 12.7. The van der Waals surface area contributed by atoms with Crippen molar-refractivity contribution in [2.75, 3.05) is 13.2 Å².